The molecule has 0 spiro atoms. The zero-order chi connectivity index (χ0) is 0. The van der Waals surface area contributed by atoms with Crippen LogP contribution in [0.25, 0.3) is 0 Å². The zero-order valence-electron chi connectivity index (χ0n) is 2.09. The van der Waals surface area contributed by atoms with E-state index in [1.165, 1.54) is 0 Å². The summed E-state index contributed by atoms with van der Waals surface area (Å²) in [6.07, 6.45) is 0. The van der Waals surface area contributed by atoms with E-state index in [-0.39, 0.29) is 93.4 Å². The van der Waals surface area contributed by atoms with Gasteiger partial charge in [0.25, 0.3) is 0 Å². The Morgan fingerprint density at radius 2 is 0.333 bits per heavy atom. The molecule has 6 heavy (non-hydrogen) atoms. The topological polar surface area (TPSA) is 0 Å². The predicted molar refractivity (Wildman–Crippen MR) is 0 cm³/mol. The average molecular weight is 411 g/mol. The van der Waals surface area contributed by atoms with E-state index in [9.17, 15) is 0 Å². The molecule has 0 rings (SSSR count). The minimum absolute atomic E-state index is 0. The van der Waals surface area contributed by atoms with Gasteiger partial charge in [-0.25, -0.2) is 0 Å². The molecule has 0 N–H and O–H groups in total. The molecule has 0 aromatic rings. The molecule has 0 heterocycles. The fraction of sp³-hybridized carbons (Fsp3) is 0. The van der Waals surface area contributed by atoms with Gasteiger partial charge in [0.15, 0.2) is 0 Å². The molecular weight excluding hydrogens is 411 g/mol. The second kappa shape index (κ2) is 56.8. The van der Waals surface area contributed by atoms with Gasteiger partial charge in [0.1, 0.15) is 0 Å². The van der Waals surface area contributed by atoms with Gasteiger partial charge in [0, 0.05) is 0 Å². The first-order chi connectivity index (χ1) is 0. The molecule has 0 unspecified atom stereocenters. The molecule has 0 saturated heterocycles. The molecule has 0 bridgehead atoms. The third kappa shape index (κ3) is 34.5. The number of hydrogen-bond acceptors (Lipinski definition) is 0. The quantitative estimate of drug-likeness (QED) is 0.348. The molecule has 0 atom stereocenters. The Bertz CT molecular complexity index is 5.51. The van der Waals surface area contributed by atoms with E-state index in [0.29, 0.717) is 0 Å². The Morgan fingerprint density at radius 3 is 0.333 bits per heavy atom. The van der Waals surface area contributed by atoms with E-state index >= 15 is 0 Å². The maximum atomic E-state index is 0. The Balaban J connectivity index is 0. The molecule has 6 heteroatoms. The monoisotopic (exact) mass is 408 g/mol. The van der Waals surface area contributed by atoms with Crippen LogP contribution in [0.15, 0.2) is 0 Å². The minimum atomic E-state index is 0. The fourth-order valence-corrected chi connectivity index (χ4v) is 0. The predicted octanol–water partition coefficient (Wildman–Crippen LogP) is -12.0. The van der Waals surface area contributed by atoms with Crippen molar-refractivity contribution >= 4 is 0 Å². The Morgan fingerprint density at radius 1 is 0.333 bits per heavy atom. The molecule has 0 aromatic heterocycles. The first-order valence-corrected chi connectivity index (χ1v) is 0. The van der Waals surface area contributed by atoms with Gasteiger partial charge in [0.05, 0.1) is 0 Å². The number of halogens is 4. The molecule has 0 saturated carbocycles. The summed E-state index contributed by atoms with van der Waals surface area (Å²) in [5.74, 6) is 0. The molecule has 2 radical (unpaired) electrons. The number of rotatable bonds is 0. The molecule has 0 fully saturated rings. The normalized spacial score (nSPS) is 0. The molecule has 0 amide bonds. The summed E-state index contributed by atoms with van der Waals surface area (Å²) in [4.78, 5) is 0. The van der Waals surface area contributed by atoms with Crippen LogP contribution < -0.4 is 18.8 Å². The maximum absolute atomic E-state index is 0. The number of hydrogen-bond donors (Lipinski definition) is 0. The summed E-state index contributed by atoms with van der Waals surface area (Å²) in [6.45, 7) is 0. The van der Waals surface area contributed by atoms with Crippen LogP contribution in [-0.2, 0) is 0 Å². The third-order valence-corrected chi connectivity index (χ3v) is 0. The van der Waals surface area contributed by atoms with Crippen LogP contribution in [0.1, 0.15) is 0 Å². The van der Waals surface area contributed by atoms with Crippen molar-refractivity contribution in [2.45, 2.75) is 0 Å². The second-order valence-corrected chi connectivity index (χ2v) is 0. The van der Waals surface area contributed by atoms with Gasteiger partial charge < -0.3 is 18.8 Å². The Labute approximate surface area is 91.7 Å². The van der Waals surface area contributed by atoms with Gasteiger partial charge in [-0.1, -0.05) is 0 Å². The first-order valence-electron chi connectivity index (χ1n) is 0. The van der Waals surface area contributed by atoms with Crippen LogP contribution in [0.3, 0.4) is 0 Å². The smallest absolute Gasteiger partial charge is 1.00 e. The van der Waals surface area contributed by atoms with Crippen molar-refractivity contribution in [1.82, 2.24) is 0 Å². The zero-order valence-corrected chi connectivity index (χ0v) is 5.79. The van der Waals surface area contributed by atoms with Gasteiger partial charge >= 0.3 is 74.6 Å². The van der Waals surface area contributed by atoms with Crippen molar-refractivity contribution in [3.8, 4) is 0 Å². The summed E-state index contributed by atoms with van der Waals surface area (Å²) in [5.41, 5.74) is 0. The van der Waals surface area contributed by atoms with E-state index in [1.807, 2.05) is 0 Å². The van der Waals surface area contributed by atoms with Crippen LogP contribution in [0.4, 0.5) is 0 Å². The maximum Gasteiger partial charge on any atom is 3.00 e. The van der Waals surface area contributed by atoms with Crippen molar-refractivity contribution < 1.29 is 93.4 Å². The molecule has 0 nitrogen and oxygen atoms in total. The van der Waals surface area contributed by atoms with Gasteiger partial charge in [-0.05, 0) is 0 Å². The fourth-order valence-electron chi connectivity index (χ4n) is 0. The largest absolute Gasteiger partial charge is 3.00 e. The van der Waals surface area contributed by atoms with E-state index in [1.54, 1.807) is 0 Å². The Hall–Kier alpha value is 2.21. The summed E-state index contributed by atoms with van der Waals surface area (Å²) in [6, 6.07) is 0. The summed E-state index contributed by atoms with van der Waals surface area (Å²) in [7, 11) is 0. The van der Waals surface area contributed by atoms with E-state index in [4.69, 9.17) is 0 Å². The van der Waals surface area contributed by atoms with Gasteiger partial charge in [-0.15, -0.1) is 0 Å². The van der Waals surface area contributed by atoms with Crippen LogP contribution in [0, 0.1) is 74.6 Å². The molecule has 0 aliphatic carbocycles. The standard InChI is InChI=1S/2Er.4FH/h;;4*1H/q2*+3;;;;/p-4. The van der Waals surface area contributed by atoms with E-state index in [0.717, 1.165) is 0 Å². The SMILES string of the molecule is [Er+3].[Er+3].[F-].[F-].[F-].[F-]. The van der Waals surface area contributed by atoms with Gasteiger partial charge in [0.2, 0.25) is 0 Å². The minimum Gasteiger partial charge on any atom is -1.00 e. The average Bonchev–Trinajstić information content (AvgIpc) is 0. The van der Waals surface area contributed by atoms with Gasteiger partial charge in [-0.3, -0.25) is 0 Å². The summed E-state index contributed by atoms with van der Waals surface area (Å²) < 4.78 is 0. The summed E-state index contributed by atoms with van der Waals surface area (Å²) >= 11 is 0. The third-order valence-electron chi connectivity index (χ3n) is 0. The summed E-state index contributed by atoms with van der Waals surface area (Å²) in [5, 5.41) is 0. The van der Waals surface area contributed by atoms with Crippen molar-refractivity contribution in [2.24, 2.45) is 0 Å². The van der Waals surface area contributed by atoms with Crippen molar-refractivity contribution in [1.29, 1.82) is 0 Å². The van der Waals surface area contributed by atoms with Crippen LogP contribution >= 0.6 is 0 Å². The van der Waals surface area contributed by atoms with E-state index < -0.39 is 0 Å². The first kappa shape index (κ1) is 87.2. The molecule has 0 aliphatic rings. The van der Waals surface area contributed by atoms with Gasteiger partial charge in [-0.2, -0.15) is 0 Å². The molecular formula is Er2F4+2. The van der Waals surface area contributed by atoms with Crippen LogP contribution in [0.5, 0.6) is 0 Å². The Kier molecular flexibility index (Phi) is 826. The molecule has 0 aliphatic heterocycles. The van der Waals surface area contributed by atoms with Crippen molar-refractivity contribution in [3.05, 3.63) is 0 Å². The molecule has 0 aromatic carbocycles. The van der Waals surface area contributed by atoms with Crippen molar-refractivity contribution in [3.63, 3.8) is 0 Å². The van der Waals surface area contributed by atoms with E-state index in [2.05, 4.69) is 0 Å². The second-order valence-electron chi connectivity index (χ2n) is 0. The molecule has 50 valence electrons. The van der Waals surface area contributed by atoms with Crippen molar-refractivity contribution in [2.75, 3.05) is 0 Å². The van der Waals surface area contributed by atoms with Crippen LogP contribution in [-0.4, -0.2) is 0 Å². The van der Waals surface area contributed by atoms with Crippen LogP contribution in [0.2, 0.25) is 0 Å².